The summed E-state index contributed by atoms with van der Waals surface area (Å²) in [5, 5.41) is 12.3. The van der Waals surface area contributed by atoms with Crippen molar-refractivity contribution in [1.82, 2.24) is 0 Å². The SMILES string of the molecule is CC1(F)CCNc2cc(O)ccc21. The number of anilines is 1. The number of halogens is 1. The summed E-state index contributed by atoms with van der Waals surface area (Å²) in [5.41, 5.74) is 0.0710. The Kier molecular flexibility index (Phi) is 1.68. The molecule has 0 fully saturated rings. The Morgan fingerprint density at radius 2 is 2.31 bits per heavy atom. The molecule has 1 heterocycles. The van der Waals surface area contributed by atoms with Crippen LogP contribution < -0.4 is 5.32 Å². The van der Waals surface area contributed by atoms with Crippen molar-refractivity contribution in [2.75, 3.05) is 11.9 Å². The van der Waals surface area contributed by atoms with Crippen LogP contribution in [0.25, 0.3) is 0 Å². The summed E-state index contributed by atoms with van der Waals surface area (Å²) in [6.45, 7) is 2.19. The summed E-state index contributed by atoms with van der Waals surface area (Å²) >= 11 is 0. The molecule has 1 unspecified atom stereocenters. The van der Waals surface area contributed by atoms with Gasteiger partial charge >= 0.3 is 0 Å². The molecule has 0 radical (unpaired) electrons. The average Bonchev–Trinajstić information content (AvgIpc) is 2.02. The Hall–Kier alpha value is -1.25. The van der Waals surface area contributed by atoms with Gasteiger partial charge < -0.3 is 10.4 Å². The summed E-state index contributed by atoms with van der Waals surface area (Å²) in [6.07, 6.45) is 0.477. The van der Waals surface area contributed by atoms with Crippen LogP contribution in [0.5, 0.6) is 5.75 Å². The van der Waals surface area contributed by atoms with Crippen LogP contribution in [0.3, 0.4) is 0 Å². The Labute approximate surface area is 76.4 Å². The molecule has 2 rings (SSSR count). The van der Waals surface area contributed by atoms with Crippen LogP contribution in [-0.4, -0.2) is 11.7 Å². The largest absolute Gasteiger partial charge is 0.508 e. The van der Waals surface area contributed by atoms with Gasteiger partial charge in [0, 0.05) is 30.3 Å². The number of hydrogen-bond acceptors (Lipinski definition) is 2. The van der Waals surface area contributed by atoms with Gasteiger partial charge in [-0.2, -0.15) is 0 Å². The fourth-order valence-electron chi connectivity index (χ4n) is 1.70. The molecule has 1 aliphatic heterocycles. The van der Waals surface area contributed by atoms with E-state index < -0.39 is 5.67 Å². The van der Waals surface area contributed by atoms with Crippen molar-refractivity contribution in [3.05, 3.63) is 23.8 Å². The number of aromatic hydroxyl groups is 1. The minimum atomic E-state index is -1.27. The van der Waals surface area contributed by atoms with E-state index in [2.05, 4.69) is 5.32 Å². The van der Waals surface area contributed by atoms with E-state index in [1.807, 2.05) is 0 Å². The monoisotopic (exact) mass is 181 g/mol. The highest BCUT2D eigenvalue weighted by Crippen LogP contribution is 2.39. The second-order valence-electron chi connectivity index (χ2n) is 3.60. The maximum atomic E-state index is 13.9. The first-order chi connectivity index (χ1) is 6.09. The molecule has 2 nitrogen and oxygen atoms in total. The van der Waals surface area contributed by atoms with E-state index >= 15 is 0 Å². The molecule has 1 aromatic rings. The van der Waals surface area contributed by atoms with Crippen LogP contribution in [0.15, 0.2) is 18.2 Å². The molecule has 1 atom stereocenters. The molecule has 0 aromatic heterocycles. The van der Waals surface area contributed by atoms with E-state index in [-0.39, 0.29) is 5.75 Å². The Bertz CT molecular complexity index is 336. The third-order valence-corrected chi connectivity index (χ3v) is 2.47. The zero-order chi connectivity index (χ0) is 9.47. The second kappa shape index (κ2) is 2.62. The van der Waals surface area contributed by atoms with Gasteiger partial charge in [0.2, 0.25) is 0 Å². The molecule has 1 aliphatic rings. The molecule has 0 saturated carbocycles. The fraction of sp³-hybridized carbons (Fsp3) is 0.400. The van der Waals surface area contributed by atoms with E-state index in [0.29, 0.717) is 24.2 Å². The van der Waals surface area contributed by atoms with Gasteiger partial charge in [-0.3, -0.25) is 0 Å². The lowest BCUT2D eigenvalue weighted by Gasteiger charge is -2.29. The summed E-state index contributed by atoms with van der Waals surface area (Å²) < 4.78 is 13.9. The topological polar surface area (TPSA) is 32.3 Å². The fourth-order valence-corrected chi connectivity index (χ4v) is 1.70. The van der Waals surface area contributed by atoms with Crippen LogP contribution >= 0.6 is 0 Å². The molecule has 3 heteroatoms. The van der Waals surface area contributed by atoms with Crippen LogP contribution in [0.1, 0.15) is 18.9 Å². The highest BCUT2D eigenvalue weighted by molar-refractivity contribution is 5.58. The molecule has 2 N–H and O–H groups in total. The lowest BCUT2D eigenvalue weighted by atomic mass is 9.90. The van der Waals surface area contributed by atoms with Gasteiger partial charge in [-0.1, -0.05) is 6.07 Å². The molecular formula is C10H12FNO. The van der Waals surface area contributed by atoms with E-state index in [1.165, 1.54) is 6.07 Å². The zero-order valence-electron chi connectivity index (χ0n) is 7.47. The molecule has 0 saturated heterocycles. The summed E-state index contributed by atoms with van der Waals surface area (Å²) in [6, 6.07) is 4.72. The summed E-state index contributed by atoms with van der Waals surface area (Å²) in [5.74, 6) is 0.170. The third kappa shape index (κ3) is 1.34. The van der Waals surface area contributed by atoms with Crippen molar-refractivity contribution >= 4 is 5.69 Å². The molecule has 0 aliphatic carbocycles. The zero-order valence-corrected chi connectivity index (χ0v) is 7.47. The minimum Gasteiger partial charge on any atom is -0.508 e. The van der Waals surface area contributed by atoms with Gasteiger partial charge in [0.05, 0.1) is 0 Å². The molecule has 0 bridgehead atoms. The molecule has 0 spiro atoms. The van der Waals surface area contributed by atoms with Crippen molar-refractivity contribution in [3.8, 4) is 5.75 Å². The number of hydrogen-bond donors (Lipinski definition) is 2. The van der Waals surface area contributed by atoms with Crippen molar-refractivity contribution in [1.29, 1.82) is 0 Å². The van der Waals surface area contributed by atoms with Gasteiger partial charge in [-0.25, -0.2) is 4.39 Å². The number of nitrogens with one attached hydrogen (secondary N) is 1. The first-order valence-corrected chi connectivity index (χ1v) is 4.36. The molecular weight excluding hydrogens is 169 g/mol. The smallest absolute Gasteiger partial charge is 0.136 e. The highest BCUT2D eigenvalue weighted by atomic mass is 19.1. The third-order valence-electron chi connectivity index (χ3n) is 2.47. The van der Waals surface area contributed by atoms with Gasteiger partial charge in [0.15, 0.2) is 0 Å². The molecule has 0 amide bonds. The Morgan fingerprint density at radius 1 is 1.54 bits per heavy atom. The summed E-state index contributed by atoms with van der Waals surface area (Å²) in [4.78, 5) is 0. The van der Waals surface area contributed by atoms with E-state index in [1.54, 1.807) is 19.1 Å². The normalized spacial score (nSPS) is 26.3. The summed E-state index contributed by atoms with van der Waals surface area (Å²) in [7, 11) is 0. The highest BCUT2D eigenvalue weighted by Gasteiger charge is 2.31. The van der Waals surface area contributed by atoms with Crippen molar-refractivity contribution in [3.63, 3.8) is 0 Å². The predicted molar refractivity (Wildman–Crippen MR) is 49.7 cm³/mol. The lowest BCUT2D eigenvalue weighted by molar-refractivity contribution is 0.178. The van der Waals surface area contributed by atoms with E-state index in [9.17, 15) is 9.50 Å². The van der Waals surface area contributed by atoms with Gasteiger partial charge in [0.25, 0.3) is 0 Å². The predicted octanol–water partition coefficient (Wildman–Crippen LogP) is 2.39. The maximum absolute atomic E-state index is 13.9. The van der Waals surface area contributed by atoms with Crippen molar-refractivity contribution in [2.24, 2.45) is 0 Å². The second-order valence-corrected chi connectivity index (χ2v) is 3.60. The molecule has 13 heavy (non-hydrogen) atoms. The minimum absolute atomic E-state index is 0.170. The number of alkyl halides is 1. The van der Waals surface area contributed by atoms with Crippen LogP contribution in [-0.2, 0) is 5.67 Å². The maximum Gasteiger partial charge on any atom is 0.136 e. The number of rotatable bonds is 0. The van der Waals surface area contributed by atoms with Crippen LogP contribution in [0, 0.1) is 0 Å². The van der Waals surface area contributed by atoms with Gasteiger partial charge in [-0.15, -0.1) is 0 Å². The standard InChI is InChI=1S/C10H12FNO/c1-10(11)4-5-12-9-6-7(13)2-3-8(9)10/h2-3,6,12-13H,4-5H2,1H3. The number of benzene rings is 1. The number of fused-ring (bicyclic) bond motifs is 1. The first kappa shape index (κ1) is 8.35. The average molecular weight is 181 g/mol. The quantitative estimate of drug-likeness (QED) is 0.644. The molecule has 1 aromatic carbocycles. The van der Waals surface area contributed by atoms with Crippen molar-refractivity contribution in [2.45, 2.75) is 19.0 Å². The number of phenolic OH excluding ortho intramolecular Hbond substituents is 1. The van der Waals surface area contributed by atoms with Gasteiger partial charge in [0.1, 0.15) is 11.4 Å². The lowest BCUT2D eigenvalue weighted by Crippen LogP contribution is -2.26. The van der Waals surface area contributed by atoms with Crippen LogP contribution in [0.2, 0.25) is 0 Å². The molecule has 70 valence electrons. The van der Waals surface area contributed by atoms with Gasteiger partial charge in [-0.05, 0) is 13.0 Å². The van der Waals surface area contributed by atoms with E-state index in [4.69, 9.17) is 0 Å². The van der Waals surface area contributed by atoms with Crippen molar-refractivity contribution < 1.29 is 9.50 Å². The van der Waals surface area contributed by atoms with E-state index in [0.717, 1.165) is 0 Å². The Balaban J connectivity index is 2.53. The number of phenols is 1. The first-order valence-electron chi connectivity index (χ1n) is 4.36. The van der Waals surface area contributed by atoms with Crippen LogP contribution in [0.4, 0.5) is 10.1 Å². The Morgan fingerprint density at radius 3 is 3.08 bits per heavy atom.